The van der Waals surface area contributed by atoms with Gasteiger partial charge in [0, 0.05) is 16.5 Å². The maximum atomic E-state index is 5.51. The number of halogens is 1. The monoisotopic (exact) mass is 250 g/mol. The van der Waals surface area contributed by atoms with Gasteiger partial charge in [-0.3, -0.25) is 0 Å². The predicted molar refractivity (Wildman–Crippen MR) is 60.3 cm³/mol. The first-order chi connectivity index (χ1) is 6.80. The Kier molecular flexibility index (Phi) is 1.83. The smallest absolute Gasteiger partial charge is 0.0598 e. The van der Waals surface area contributed by atoms with Gasteiger partial charge in [-0.05, 0) is 29.7 Å². The van der Waals surface area contributed by atoms with E-state index < -0.39 is 0 Å². The van der Waals surface area contributed by atoms with Crippen molar-refractivity contribution in [2.45, 2.75) is 11.8 Å². The largest absolute Gasteiger partial charge is 0.380 e. The number of hydrogen-bond acceptors (Lipinski definition) is 1. The van der Waals surface area contributed by atoms with E-state index in [9.17, 15) is 0 Å². The lowest BCUT2D eigenvalue weighted by Gasteiger charge is -2.21. The van der Waals surface area contributed by atoms with Crippen LogP contribution in [0.15, 0.2) is 28.7 Å². The van der Waals surface area contributed by atoms with Crippen LogP contribution in [0.3, 0.4) is 0 Å². The molecule has 1 aliphatic heterocycles. The van der Waals surface area contributed by atoms with Crippen molar-refractivity contribution in [1.29, 1.82) is 0 Å². The average molecular weight is 251 g/mol. The number of ether oxygens (including phenoxy) is 1. The molecule has 2 heteroatoms. The summed E-state index contributed by atoms with van der Waals surface area (Å²) in [5, 5.41) is 0. The Morgan fingerprint density at radius 3 is 3.07 bits per heavy atom. The molecule has 1 unspecified atom stereocenters. The number of rotatable bonds is 0. The molecule has 1 aromatic carbocycles. The third-order valence-electron chi connectivity index (χ3n) is 3.19. The van der Waals surface area contributed by atoms with Crippen molar-refractivity contribution in [1.82, 2.24) is 0 Å². The standard InChI is InChI=1S/C12H11BrO/c13-10-2-1-9-3-4-12(11(9)7-10)5-6-14-8-12/h1-4,7H,5-6,8H2. The molecule has 0 amide bonds. The van der Waals surface area contributed by atoms with Crippen molar-refractivity contribution in [2.75, 3.05) is 13.2 Å². The van der Waals surface area contributed by atoms with Crippen molar-refractivity contribution in [3.05, 3.63) is 39.9 Å². The molecule has 1 heterocycles. The summed E-state index contributed by atoms with van der Waals surface area (Å²) in [5.41, 5.74) is 2.95. The van der Waals surface area contributed by atoms with Crippen LogP contribution in [0.25, 0.3) is 6.08 Å². The van der Waals surface area contributed by atoms with Gasteiger partial charge in [-0.1, -0.05) is 34.1 Å². The van der Waals surface area contributed by atoms with Gasteiger partial charge < -0.3 is 4.74 Å². The van der Waals surface area contributed by atoms with E-state index in [0.29, 0.717) is 0 Å². The highest BCUT2D eigenvalue weighted by Gasteiger charge is 2.38. The van der Waals surface area contributed by atoms with E-state index in [0.717, 1.165) is 24.1 Å². The Bertz CT molecular complexity index is 403. The molecule has 72 valence electrons. The molecule has 1 nitrogen and oxygen atoms in total. The van der Waals surface area contributed by atoms with Gasteiger partial charge in [-0.2, -0.15) is 0 Å². The third kappa shape index (κ3) is 1.11. The Morgan fingerprint density at radius 2 is 2.29 bits per heavy atom. The van der Waals surface area contributed by atoms with E-state index in [4.69, 9.17) is 4.74 Å². The van der Waals surface area contributed by atoms with E-state index in [1.54, 1.807) is 0 Å². The van der Waals surface area contributed by atoms with Crippen LogP contribution in [-0.2, 0) is 10.2 Å². The van der Waals surface area contributed by atoms with Gasteiger partial charge in [0.25, 0.3) is 0 Å². The van der Waals surface area contributed by atoms with Crippen LogP contribution < -0.4 is 0 Å². The van der Waals surface area contributed by atoms with Crippen LogP contribution in [0, 0.1) is 0 Å². The van der Waals surface area contributed by atoms with Crippen LogP contribution >= 0.6 is 15.9 Å². The van der Waals surface area contributed by atoms with Crippen molar-refractivity contribution in [2.24, 2.45) is 0 Å². The molecular formula is C12H11BrO. The number of fused-ring (bicyclic) bond motifs is 2. The molecule has 1 fully saturated rings. The lowest BCUT2D eigenvalue weighted by molar-refractivity contribution is 0.186. The minimum atomic E-state index is 0.180. The maximum absolute atomic E-state index is 5.51. The third-order valence-corrected chi connectivity index (χ3v) is 3.68. The highest BCUT2D eigenvalue weighted by atomic mass is 79.9. The summed E-state index contributed by atoms with van der Waals surface area (Å²) in [6.07, 6.45) is 5.64. The van der Waals surface area contributed by atoms with E-state index >= 15 is 0 Å². The molecule has 3 rings (SSSR count). The Balaban J connectivity index is 2.16. The number of hydrogen-bond donors (Lipinski definition) is 0. The highest BCUT2D eigenvalue weighted by Crippen LogP contribution is 2.42. The van der Waals surface area contributed by atoms with Gasteiger partial charge in [-0.25, -0.2) is 0 Å². The SMILES string of the molecule is Brc1ccc2c(c1)C1(C=C2)CCOC1. The summed E-state index contributed by atoms with van der Waals surface area (Å²) in [5.74, 6) is 0. The second-order valence-electron chi connectivity index (χ2n) is 4.02. The van der Waals surface area contributed by atoms with Gasteiger partial charge in [0.2, 0.25) is 0 Å². The van der Waals surface area contributed by atoms with Crippen LogP contribution in [0.1, 0.15) is 17.5 Å². The van der Waals surface area contributed by atoms with Crippen molar-refractivity contribution in [3.8, 4) is 0 Å². The number of benzene rings is 1. The summed E-state index contributed by atoms with van der Waals surface area (Å²) >= 11 is 3.53. The fourth-order valence-corrected chi connectivity index (χ4v) is 2.73. The van der Waals surface area contributed by atoms with Crippen molar-refractivity contribution >= 4 is 22.0 Å². The molecule has 1 atom stereocenters. The minimum Gasteiger partial charge on any atom is -0.380 e. The predicted octanol–water partition coefficient (Wildman–Crippen LogP) is 3.13. The molecule has 1 aliphatic carbocycles. The minimum absolute atomic E-state index is 0.180. The van der Waals surface area contributed by atoms with Gasteiger partial charge in [0.15, 0.2) is 0 Å². The van der Waals surface area contributed by atoms with Gasteiger partial charge in [-0.15, -0.1) is 0 Å². The van der Waals surface area contributed by atoms with E-state index in [1.807, 2.05) is 0 Å². The molecule has 0 N–H and O–H groups in total. The summed E-state index contributed by atoms with van der Waals surface area (Å²) in [7, 11) is 0. The molecule has 1 aromatic rings. The van der Waals surface area contributed by atoms with Crippen LogP contribution in [0.4, 0.5) is 0 Å². The topological polar surface area (TPSA) is 9.23 Å². The molecule has 14 heavy (non-hydrogen) atoms. The zero-order valence-corrected chi connectivity index (χ0v) is 9.38. The van der Waals surface area contributed by atoms with Crippen molar-refractivity contribution < 1.29 is 4.74 Å². The lowest BCUT2D eigenvalue weighted by atomic mass is 9.82. The van der Waals surface area contributed by atoms with E-state index in [-0.39, 0.29) is 5.41 Å². The van der Waals surface area contributed by atoms with Gasteiger partial charge in [0.05, 0.1) is 6.61 Å². The van der Waals surface area contributed by atoms with E-state index in [1.165, 1.54) is 11.1 Å². The molecule has 0 bridgehead atoms. The quantitative estimate of drug-likeness (QED) is 0.688. The summed E-state index contributed by atoms with van der Waals surface area (Å²) in [4.78, 5) is 0. The molecule has 2 aliphatic rings. The van der Waals surface area contributed by atoms with Gasteiger partial charge >= 0.3 is 0 Å². The highest BCUT2D eigenvalue weighted by molar-refractivity contribution is 9.10. The molecule has 0 radical (unpaired) electrons. The fourth-order valence-electron chi connectivity index (χ4n) is 2.37. The van der Waals surface area contributed by atoms with Gasteiger partial charge in [0.1, 0.15) is 0 Å². The first kappa shape index (κ1) is 8.69. The normalized spacial score (nSPS) is 28.6. The first-order valence-electron chi connectivity index (χ1n) is 4.87. The summed E-state index contributed by atoms with van der Waals surface area (Å²) in [6.45, 7) is 1.73. The molecule has 0 aromatic heterocycles. The first-order valence-corrected chi connectivity index (χ1v) is 5.67. The Morgan fingerprint density at radius 1 is 1.36 bits per heavy atom. The average Bonchev–Trinajstić information content (AvgIpc) is 2.77. The molecular weight excluding hydrogens is 240 g/mol. The second-order valence-corrected chi connectivity index (χ2v) is 4.94. The van der Waals surface area contributed by atoms with E-state index in [2.05, 4.69) is 46.3 Å². The molecule has 0 saturated carbocycles. The molecule has 1 saturated heterocycles. The Hall–Kier alpha value is -0.600. The van der Waals surface area contributed by atoms with Crippen LogP contribution in [-0.4, -0.2) is 13.2 Å². The maximum Gasteiger partial charge on any atom is 0.0598 e. The van der Waals surface area contributed by atoms with Crippen LogP contribution in [0.2, 0.25) is 0 Å². The fraction of sp³-hybridized carbons (Fsp3) is 0.333. The zero-order chi connectivity index (χ0) is 9.60. The zero-order valence-electron chi connectivity index (χ0n) is 7.79. The van der Waals surface area contributed by atoms with Crippen molar-refractivity contribution in [3.63, 3.8) is 0 Å². The molecule has 1 spiro atoms. The Labute approximate surface area is 91.9 Å². The summed E-state index contributed by atoms with van der Waals surface area (Å²) < 4.78 is 6.67. The lowest BCUT2D eigenvalue weighted by Crippen LogP contribution is -2.21. The van der Waals surface area contributed by atoms with Crippen LogP contribution in [0.5, 0.6) is 0 Å². The second kappa shape index (κ2) is 2.94. The summed E-state index contributed by atoms with van der Waals surface area (Å²) in [6, 6.07) is 6.49.